The van der Waals surface area contributed by atoms with Crippen LogP contribution in [0.25, 0.3) is 0 Å². The number of rotatable bonds is 4. The molecule has 0 saturated carbocycles. The third kappa shape index (κ3) is 3.09. The fourth-order valence-electron chi connectivity index (χ4n) is 4.13. The van der Waals surface area contributed by atoms with Crippen LogP contribution in [0.2, 0.25) is 0 Å². The van der Waals surface area contributed by atoms with E-state index in [9.17, 15) is 4.79 Å². The number of thiophene rings is 1. The fraction of sp³-hybridized carbons (Fsp3) is 0.722. The molecule has 1 aromatic heterocycles. The van der Waals surface area contributed by atoms with Gasteiger partial charge >= 0.3 is 0 Å². The molecule has 1 saturated heterocycles. The Balaban J connectivity index is 1.69. The fourth-order valence-corrected chi connectivity index (χ4v) is 5.06. The van der Waals surface area contributed by atoms with Gasteiger partial charge in [0.05, 0.1) is 12.6 Å². The molecule has 3 heterocycles. The van der Waals surface area contributed by atoms with E-state index in [0.29, 0.717) is 24.5 Å². The molecule has 2 atom stereocenters. The number of nitrogens with zero attached hydrogens (tertiary/aromatic N) is 2. The summed E-state index contributed by atoms with van der Waals surface area (Å²) in [5.41, 5.74) is 1.40. The minimum Gasteiger partial charge on any atom is -0.334 e. The normalized spacial score (nSPS) is 26.0. The van der Waals surface area contributed by atoms with Gasteiger partial charge in [-0.1, -0.05) is 20.3 Å². The van der Waals surface area contributed by atoms with Crippen molar-refractivity contribution in [2.75, 3.05) is 19.6 Å². The van der Waals surface area contributed by atoms with Crippen LogP contribution in [0.5, 0.6) is 0 Å². The van der Waals surface area contributed by atoms with E-state index in [4.69, 9.17) is 0 Å². The Labute approximate surface area is 138 Å². The summed E-state index contributed by atoms with van der Waals surface area (Å²) < 4.78 is 0. The van der Waals surface area contributed by atoms with Crippen molar-refractivity contribution in [1.82, 2.24) is 9.80 Å². The molecule has 1 amide bonds. The van der Waals surface area contributed by atoms with Gasteiger partial charge in [-0.15, -0.1) is 11.3 Å². The SMILES string of the molecule is CCC1CCCCN1CC(=O)N1CCc2sccc2C1CC. The Kier molecular flexibility index (Phi) is 5.19. The quantitative estimate of drug-likeness (QED) is 0.841. The minimum absolute atomic E-state index is 0.298. The van der Waals surface area contributed by atoms with Gasteiger partial charge in [-0.2, -0.15) is 0 Å². The molecule has 2 aliphatic rings. The second-order valence-corrected chi connectivity index (χ2v) is 7.59. The van der Waals surface area contributed by atoms with E-state index >= 15 is 0 Å². The lowest BCUT2D eigenvalue weighted by atomic mass is 9.97. The highest BCUT2D eigenvalue weighted by Crippen LogP contribution is 2.35. The van der Waals surface area contributed by atoms with E-state index < -0.39 is 0 Å². The lowest BCUT2D eigenvalue weighted by molar-refractivity contribution is -0.136. The molecule has 122 valence electrons. The van der Waals surface area contributed by atoms with E-state index in [2.05, 4.69) is 35.1 Å². The second-order valence-electron chi connectivity index (χ2n) is 6.59. The summed E-state index contributed by atoms with van der Waals surface area (Å²) in [5, 5.41) is 2.18. The van der Waals surface area contributed by atoms with Crippen LogP contribution in [0, 0.1) is 0 Å². The molecule has 0 aliphatic carbocycles. The summed E-state index contributed by atoms with van der Waals surface area (Å²) in [5.74, 6) is 0.337. The highest BCUT2D eigenvalue weighted by atomic mass is 32.1. The molecule has 4 heteroatoms. The number of likely N-dealkylation sites (tertiary alicyclic amines) is 1. The van der Waals surface area contributed by atoms with E-state index in [1.54, 1.807) is 0 Å². The van der Waals surface area contributed by atoms with Crippen molar-refractivity contribution >= 4 is 17.2 Å². The smallest absolute Gasteiger partial charge is 0.237 e. The molecule has 0 aromatic carbocycles. The number of hydrogen-bond donors (Lipinski definition) is 0. The van der Waals surface area contributed by atoms with Crippen molar-refractivity contribution in [3.8, 4) is 0 Å². The monoisotopic (exact) mass is 320 g/mol. The number of amides is 1. The first-order chi connectivity index (χ1) is 10.7. The summed E-state index contributed by atoms with van der Waals surface area (Å²) in [6.07, 6.45) is 7.05. The van der Waals surface area contributed by atoms with Gasteiger partial charge < -0.3 is 4.90 Å². The van der Waals surface area contributed by atoms with E-state index in [1.165, 1.54) is 36.1 Å². The maximum atomic E-state index is 12.9. The average Bonchev–Trinajstić information content (AvgIpc) is 3.02. The van der Waals surface area contributed by atoms with Crippen LogP contribution in [0.3, 0.4) is 0 Å². The van der Waals surface area contributed by atoms with Crippen LogP contribution < -0.4 is 0 Å². The van der Waals surface area contributed by atoms with Crippen molar-refractivity contribution in [1.29, 1.82) is 0 Å². The maximum absolute atomic E-state index is 12.9. The zero-order valence-corrected chi connectivity index (χ0v) is 14.7. The Hall–Kier alpha value is -0.870. The molecule has 1 aromatic rings. The average molecular weight is 321 g/mol. The second kappa shape index (κ2) is 7.14. The molecule has 0 radical (unpaired) electrons. The summed E-state index contributed by atoms with van der Waals surface area (Å²) in [6.45, 7) is 7.07. The van der Waals surface area contributed by atoms with Gasteiger partial charge in [-0.3, -0.25) is 9.69 Å². The number of hydrogen-bond acceptors (Lipinski definition) is 3. The first kappa shape index (κ1) is 16.0. The Morgan fingerprint density at radius 1 is 1.27 bits per heavy atom. The first-order valence-corrected chi connectivity index (χ1v) is 9.72. The van der Waals surface area contributed by atoms with Crippen LogP contribution >= 0.6 is 11.3 Å². The third-order valence-corrected chi connectivity index (χ3v) is 6.36. The zero-order chi connectivity index (χ0) is 15.5. The van der Waals surface area contributed by atoms with Crippen molar-refractivity contribution in [3.05, 3.63) is 21.9 Å². The van der Waals surface area contributed by atoms with Gasteiger partial charge in [-0.05, 0) is 55.7 Å². The standard InChI is InChI=1S/C18H28N2OS/c1-3-14-7-5-6-10-19(14)13-18(21)20-11-8-17-15(9-12-22-17)16(20)4-2/h9,12,14,16H,3-8,10-11,13H2,1-2H3. The zero-order valence-electron chi connectivity index (χ0n) is 13.9. The number of fused-ring (bicyclic) bond motifs is 1. The summed E-state index contributed by atoms with van der Waals surface area (Å²) in [6, 6.07) is 3.13. The lowest BCUT2D eigenvalue weighted by Gasteiger charge is -2.39. The van der Waals surface area contributed by atoms with Gasteiger partial charge in [0.15, 0.2) is 0 Å². The summed E-state index contributed by atoms with van der Waals surface area (Å²) in [7, 11) is 0. The molecular formula is C18H28N2OS. The lowest BCUT2D eigenvalue weighted by Crippen LogP contribution is -2.48. The largest absolute Gasteiger partial charge is 0.334 e. The Morgan fingerprint density at radius 2 is 2.14 bits per heavy atom. The predicted molar refractivity (Wildman–Crippen MR) is 92.3 cm³/mol. The van der Waals surface area contributed by atoms with Crippen molar-refractivity contribution in [3.63, 3.8) is 0 Å². The molecule has 2 unspecified atom stereocenters. The molecule has 0 N–H and O–H groups in total. The van der Waals surface area contributed by atoms with Crippen LogP contribution in [0.1, 0.15) is 62.4 Å². The van der Waals surface area contributed by atoms with Gasteiger partial charge in [0.25, 0.3) is 0 Å². The number of piperidine rings is 1. The Bertz CT molecular complexity index is 513. The van der Waals surface area contributed by atoms with Gasteiger partial charge in [0.2, 0.25) is 5.91 Å². The Morgan fingerprint density at radius 3 is 2.91 bits per heavy atom. The summed E-state index contributed by atoms with van der Waals surface area (Å²) in [4.78, 5) is 19.0. The minimum atomic E-state index is 0.298. The topological polar surface area (TPSA) is 23.6 Å². The van der Waals surface area contributed by atoms with E-state index in [-0.39, 0.29) is 0 Å². The first-order valence-electron chi connectivity index (χ1n) is 8.84. The van der Waals surface area contributed by atoms with Crippen LogP contribution in [0.15, 0.2) is 11.4 Å². The summed E-state index contributed by atoms with van der Waals surface area (Å²) >= 11 is 1.85. The highest BCUT2D eigenvalue weighted by molar-refractivity contribution is 7.10. The molecule has 2 aliphatic heterocycles. The van der Waals surface area contributed by atoms with Crippen molar-refractivity contribution < 1.29 is 4.79 Å². The van der Waals surface area contributed by atoms with Crippen LogP contribution in [0.4, 0.5) is 0 Å². The molecule has 1 fully saturated rings. The van der Waals surface area contributed by atoms with Gasteiger partial charge in [-0.25, -0.2) is 0 Å². The van der Waals surface area contributed by atoms with E-state index in [0.717, 1.165) is 25.9 Å². The van der Waals surface area contributed by atoms with Crippen molar-refractivity contribution in [2.45, 2.75) is 64.5 Å². The molecule has 3 rings (SSSR count). The van der Waals surface area contributed by atoms with Crippen LogP contribution in [-0.4, -0.2) is 41.4 Å². The third-order valence-electron chi connectivity index (χ3n) is 5.36. The molecule has 0 spiro atoms. The molecular weight excluding hydrogens is 292 g/mol. The molecule has 3 nitrogen and oxygen atoms in total. The predicted octanol–water partition coefficient (Wildman–Crippen LogP) is 3.85. The van der Waals surface area contributed by atoms with E-state index in [1.807, 2.05) is 11.3 Å². The number of carbonyl (C=O) groups is 1. The number of carbonyl (C=O) groups excluding carboxylic acids is 1. The van der Waals surface area contributed by atoms with Gasteiger partial charge in [0, 0.05) is 17.5 Å². The van der Waals surface area contributed by atoms with Crippen LogP contribution in [-0.2, 0) is 11.2 Å². The van der Waals surface area contributed by atoms with Crippen molar-refractivity contribution in [2.24, 2.45) is 0 Å². The molecule has 22 heavy (non-hydrogen) atoms. The maximum Gasteiger partial charge on any atom is 0.237 e. The molecule has 0 bridgehead atoms. The highest BCUT2D eigenvalue weighted by Gasteiger charge is 2.32. The van der Waals surface area contributed by atoms with Gasteiger partial charge in [0.1, 0.15) is 0 Å².